The zero-order chi connectivity index (χ0) is 18.0. The monoisotopic (exact) mass is 342 g/mol. The van der Waals surface area contributed by atoms with E-state index in [0.29, 0.717) is 16.5 Å². The highest BCUT2D eigenvalue weighted by atomic mass is 19.1. The number of ether oxygens (including phenoxy) is 1. The minimum atomic E-state index is -0.558. The smallest absolute Gasteiger partial charge is 0.354 e. The fraction of sp³-hybridized carbons (Fsp3) is 0.167. The number of halogens is 1. The molecule has 0 radical (unpaired) electrons. The van der Waals surface area contributed by atoms with Gasteiger partial charge in [0, 0.05) is 28.6 Å². The Morgan fingerprint density at radius 3 is 2.68 bits per heavy atom. The minimum Gasteiger partial charge on any atom is -0.461 e. The number of carbonyl (C=O) groups excluding carboxylic acids is 1. The maximum absolute atomic E-state index is 14.0. The first-order valence-electron chi connectivity index (χ1n) is 7.69. The number of non-ortho nitro benzene ring substituents is 1. The van der Waals surface area contributed by atoms with Crippen LogP contribution in [0.1, 0.15) is 23.0 Å². The van der Waals surface area contributed by atoms with Crippen LogP contribution in [0.15, 0.2) is 48.5 Å². The van der Waals surface area contributed by atoms with Crippen LogP contribution in [0, 0.1) is 15.9 Å². The Balaban J connectivity index is 2.16. The number of fused-ring (bicyclic) bond motifs is 1. The van der Waals surface area contributed by atoms with E-state index >= 15 is 0 Å². The number of hydrogen-bond acceptors (Lipinski definition) is 4. The third-order valence-electron chi connectivity index (χ3n) is 3.87. The van der Waals surface area contributed by atoms with Gasteiger partial charge in [0.15, 0.2) is 0 Å². The normalized spacial score (nSPS) is 10.8. The predicted molar refractivity (Wildman–Crippen MR) is 90.1 cm³/mol. The first kappa shape index (κ1) is 16.6. The number of nitro benzene ring substituents is 1. The van der Waals surface area contributed by atoms with E-state index in [9.17, 15) is 19.3 Å². The second-order valence-electron chi connectivity index (χ2n) is 5.43. The van der Waals surface area contributed by atoms with Gasteiger partial charge in [-0.2, -0.15) is 0 Å². The van der Waals surface area contributed by atoms with Crippen molar-refractivity contribution in [2.75, 3.05) is 6.61 Å². The van der Waals surface area contributed by atoms with Crippen LogP contribution in [0.2, 0.25) is 0 Å². The molecule has 3 aromatic rings. The standard InChI is InChI=1S/C18H15FN2O4/c1-2-25-18(22)17-10-13-9-14(21(23)24)7-8-16(13)20(17)11-12-5-3-4-6-15(12)19/h3-10H,2,11H2,1H3. The Morgan fingerprint density at radius 2 is 2.00 bits per heavy atom. The van der Waals surface area contributed by atoms with Gasteiger partial charge < -0.3 is 9.30 Å². The Hall–Kier alpha value is -3.22. The van der Waals surface area contributed by atoms with Gasteiger partial charge >= 0.3 is 5.97 Å². The molecule has 0 bridgehead atoms. The van der Waals surface area contributed by atoms with Crippen molar-refractivity contribution in [1.82, 2.24) is 4.57 Å². The summed E-state index contributed by atoms with van der Waals surface area (Å²) in [4.78, 5) is 22.7. The molecule has 0 aliphatic rings. The summed E-state index contributed by atoms with van der Waals surface area (Å²) in [5.41, 5.74) is 1.15. The van der Waals surface area contributed by atoms with E-state index in [1.165, 1.54) is 24.3 Å². The number of rotatable bonds is 5. The van der Waals surface area contributed by atoms with Gasteiger partial charge in [0.25, 0.3) is 5.69 Å². The first-order chi connectivity index (χ1) is 12.0. The van der Waals surface area contributed by atoms with Crippen LogP contribution in [0.5, 0.6) is 0 Å². The van der Waals surface area contributed by atoms with Gasteiger partial charge in [0.1, 0.15) is 11.5 Å². The average Bonchev–Trinajstić information content (AvgIpc) is 2.95. The highest BCUT2D eigenvalue weighted by Crippen LogP contribution is 2.26. The van der Waals surface area contributed by atoms with Crippen LogP contribution < -0.4 is 0 Å². The summed E-state index contributed by atoms with van der Waals surface area (Å²) in [6, 6.07) is 12.1. The van der Waals surface area contributed by atoms with Gasteiger partial charge in [-0.25, -0.2) is 9.18 Å². The molecule has 0 aliphatic carbocycles. The Labute approximate surface area is 142 Å². The van der Waals surface area contributed by atoms with Gasteiger partial charge in [-0.3, -0.25) is 10.1 Å². The van der Waals surface area contributed by atoms with E-state index in [2.05, 4.69) is 0 Å². The minimum absolute atomic E-state index is 0.0778. The molecule has 0 N–H and O–H groups in total. The van der Waals surface area contributed by atoms with E-state index in [1.807, 2.05) is 0 Å². The summed E-state index contributed by atoms with van der Waals surface area (Å²) in [7, 11) is 0. The summed E-state index contributed by atoms with van der Waals surface area (Å²) in [5, 5.41) is 11.5. The molecule has 1 heterocycles. The van der Waals surface area contributed by atoms with Crippen LogP contribution in [0.3, 0.4) is 0 Å². The summed E-state index contributed by atoms with van der Waals surface area (Å²) in [6.07, 6.45) is 0. The van der Waals surface area contributed by atoms with Crippen LogP contribution in [0.4, 0.5) is 10.1 Å². The second kappa shape index (κ2) is 6.72. The summed E-state index contributed by atoms with van der Waals surface area (Å²) in [5.74, 6) is -0.946. The topological polar surface area (TPSA) is 74.4 Å². The molecule has 3 rings (SSSR count). The number of esters is 1. The molecule has 25 heavy (non-hydrogen) atoms. The van der Waals surface area contributed by atoms with Gasteiger partial charge in [0.2, 0.25) is 0 Å². The number of hydrogen-bond donors (Lipinski definition) is 0. The van der Waals surface area contributed by atoms with Crippen molar-refractivity contribution in [2.24, 2.45) is 0 Å². The van der Waals surface area contributed by atoms with E-state index in [1.54, 1.807) is 35.8 Å². The lowest BCUT2D eigenvalue weighted by molar-refractivity contribution is -0.384. The zero-order valence-corrected chi connectivity index (χ0v) is 13.4. The maximum atomic E-state index is 14.0. The third kappa shape index (κ3) is 3.21. The first-order valence-corrected chi connectivity index (χ1v) is 7.69. The lowest BCUT2D eigenvalue weighted by Crippen LogP contribution is -2.13. The molecule has 0 saturated carbocycles. The highest BCUT2D eigenvalue weighted by molar-refractivity contribution is 5.96. The van der Waals surface area contributed by atoms with Crippen molar-refractivity contribution in [3.05, 3.63) is 75.7 Å². The fourth-order valence-electron chi connectivity index (χ4n) is 2.71. The Bertz CT molecular complexity index is 965. The van der Waals surface area contributed by atoms with E-state index in [4.69, 9.17) is 4.74 Å². The van der Waals surface area contributed by atoms with Gasteiger partial charge in [-0.1, -0.05) is 18.2 Å². The van der Waals surface area contributed by atoms with Crippen molar-refractivity contribution in [1.29, 1.82) is 0 Å². The average molecular weight is 342 g/mol. The van der Waals surface area contributed by atoms with Crippen LogP contribution in [-0.4, -0.2) is 22.1 Å². The predicted octanol–water partition coefficient (Wildman–Crippen LogP) is 3.91. The molecule has 128 valence electrons. The summed E-state index contributed by atoms with van der Waals surface area (Å²) in [6.45, 7) is 1.99. The number of aromatic nitrogens is 1. The van der Waals surface area contributed by atoms with Gasteiger partial charge in [-0.15, -0.1) is 0 Å². The molecule has 6 nitrogen and oxygen atoms in total. The lowest BCUT2D eigenvalue weighted by atomic mass is 10.2. The molecule has 0 saturated heterocycles. The molecule has 0 aliphatic heterocycles. The van der Waals surface area contributed by atoms with Gasteiger partial charge in [0.05, 0.1) is 18.1 Å². The fourth-order valence-corrected chi connectivity index (χ4v) is 2.71. The number of benzene rings is 2. The molecule has 0 atom stereocenters. The van der Waals surface area contributed by atoms with Crippen molar-refractivity contribution < 1.29 is 18.8 Å². The van der Waals surface area contributed by atoms with E-state index in [-0.39, 0.29) is 30.4 Å². The second-order valence-corrected chi connectivity index (χ2v) is 5.43. The molecule has 0 unspecified atom stereocenters. The Kier molecular flexibility index (Phi) is 4.47. The molecule has 2 aromatic carbocycles. The highest BCUT2D eigenvalue weighted by Gasteiger charge is 2.19. The quantitative estimate of drug-likeness (QED) is 0.400. The molecule has 0 spiro atoms. The van der Waals surface area contributed by atoms with Crippen LogP contribution in [-0.2, 0) is 11.3 Å². The molecule has 0 amide bonds. The number of nitrogens with zero attached hydrogens (tertiary/aromatic N) is 2. The van der Waals surface area contributed by atoms with E-state index in [0.717, 1.165) is 0 Å². The molecule has 0 fully saturated rings. The largest absolute Gasteiger partial charge is 0.461 e. The lowest BCUT2D eigenvalue weighted by Gasteiger charge is -2.11. The molecular weight excluding hydrogens is 327 g/mol. The zero-order valence-electron chi connectivity index (χ0n) is 13.4. The van der Waals surface area contributed by atoms with Crippen LogP contribution in [0.25, 0.3) is 10.9 Å². The number of carbonyl (C=O) groups is 1. The molecule has 7 heteroatoms. The van der Waals surface area contributed by atoms with Crippen LogP contribution >= 0.6 is 0 Å². The van der Waals surface area contributed by atoms with Crippen molar-refractivity contribution >= 4 is 22.6 Å². The van der Waals surface area contributed by atoms with E-state index < -0.39 is 10.9 Å². The van der Waals surface area contributed by atoms with Crippen molar-refractivity contribution in [2.45, 2.75) is 13.5 Å². The summed E-state index contributed by atoms with van der Waals surface area (Å²) < 4.78 is 20.7. The third-order valence-corrected chi connectivity index (χ3v) is 3.87. The van der Waals surface area contributed by atoms with Gasteiger partial charge in [-0.05, 0) is 25.1 Å². The Morgan fingerprint density at radius 1 is 1.24 bits per heavy atom. The molecular formula is C18H15FN2O4. The summed E-state index contributed by atoms with van der Waals surface area (Å²) >= 11 is 0. The number of nitro groups is 1. The molecule has 1 aromatic heterocycles. The maximum Gasteiger partial charge on any atom is 0.354 e. The SMILES string of the molecule is CCOC(=O)c1cc2cc([N+](=O)[O-])ccc2n1Cc1ccccc1F. The van der Waals surface area contributed by atoms with Crippen molar-refractivity contribution in [3.8, 4) is 0 Å². The van der Waals surface area contributed by atoms with Crippen molar-refractivity contribution in [3.63, 3.8) is 0 Å².